The van der Waals surface area contributed by atoms with Crippen LogP contribution in [0.25, 0.3) is 15.8 Å². The Balaban J connectivity index is 1.53. The summed E-state index contributed by atoms with van der Waals surface area (Å²) in [5.74, 6) is 0.199. The molecule has 0 radical (unpaired) electrons. The molecule has 1 aromatic heterocycles. The van der Waals surface area contributed by atoms with Gasteiger partial charge >= 0.3 is 0 Å². The molecule has 7 rings (SSSR count). The molecule has 0 spiro atoms. The first-order valence-corrected chi connectivity index (χ1v) is 15.9. The van der Waals surface area contributed by atoms with E-state index in [0.29, 0.717) is 21.4 Å². The molecule has 2 aliphatic rings. The van der Waals surface area contributed by atoms with E-state index in [1.54, 1.807) is 29.2 Å². The van der Waals surface area contributed by atoms with Crippen LogP contribution in [-0.4, -0.2) is 25.3 Å². The van der Waals surface area contributed by atoms with Gasteiger partial charge in [-0.15, -0.1) is 11.3 Å². The van der Waals surface area contributed by atoms with Gasteiger partial charge in [-0.2, -0.15) is 5.26 Å². The second-order valence-corrected chi connectivity index (χ2v) is 13.2. The zero-order chi connectivity index (χ0) is 29.7. The van der Waals surface area contributed by atoms with Crippen LogP contribution < -0.4 is 9.80 Å². The van der Waals surface area contributed by atoms with Crippen LogP contribution in [0.2, 0.25) is 10.0 Å². The van der Waals surface area contributed by atoms with E-state index in [9.17, 15) is 5.26 Å². The van der Waals surface area contributed by atoms with Crippen LogP contribution >= 0.6 is 46.3 Å². The Kier molecular flexibility index (Phi) is 7.24. The van der Waals surface area contributed by atoms with Gasteiger partial charge in [-0.25, -0.2) is 9.98 Å². The highest BCUT2D eigenvalue weighted by Gasteiger charge is 2.43. The third kappa shape index (κ3) is 4.91. The second kappa shape index (κ2) is 11.2. The van der Waals surface area contributed by atoms with Crippen LogP contribution in [0.5, 0.6) is 0 Å². The number of nitrogens with zero attached hydrogens (tertiary/aromatic N) is 5. The minimum Gasteiger partial charge on any atom is -0.378 e. The number of aliphatic imine (C=N–C) groups is 1. The molecule has 3 heterocycles. The van der Waals surface area contributed by atoms with Gasteiger partial charge < -0.3 is 4.90 Å². The number of thiazole rings is 1. The Morgan fingerprint density at radius 1 is 0.977 bits per heavy atom. The average Bonchev–Trinajstić information content (AvgIpc) is 3.61. The van der Waals surface area contributed by atoms with Crippen LogP contribution in [0.4, 0.5) is 11.4 Å². The summed E-state index contributed by atoms with van der Waals surface area (Å²) < 4.78 is 1.05. The predicted molar refractivity (Wildman–Crippen MR) is 182 cm³/mol. The van der Waals surface area contributed by atoms with Crippen molar-refractivity contribution in [3.05, 3.63) is 134 Å². The molecule has 43 heavy (non-hydrogen) atoms. The molecule has 5 aromatic rings. The van der Waals surface area contributed by atoms with E-state index < -0.39 is 5.92 Å². The van der Waals surface area contributed by atoms with Gasteiger partial charge in [0.2, 0.25) is 0 Å². The molecule has 0 saturated carbocycles. The molecule has 0 fully saturated rings. The maximum Gasteiger partial charge on any atom is 0.145 e. The van der Waals surface area contributed by atoms with E-state index in [1.807, 2.05) is 62.8 Å². The van der Waals surface area contributed by atoms with Gasteiger partial charge in [0.15, 0.2) is 0 Å². The third-order valence-electron chi connectivity index (χ3n) is 7.44. The summed E-state index contributed by atoms with van der Waals surface area (Å²) in [5.41, 5.74) is 6.13. The molecule has 210 valence electrons. The van der Waals surface area contributed by atoms with Crippen molar-refractivity contribution in [2.45, 2.75) is 10.8 Å². The fourth-order valence-electron chi connectivity index (χ4n) is 5.38. The van der Waals surface area contributed by atoms with E-state index in [-0.39, 0.29) is 0 Å². The van der Waals surface area contributed by atoms with Crippen molar-refractivity contribution in [1.29, 1.82) is 5.26 Å². The first kappa shape index (κ1) is 27.8. The quantitative estimate of drug-likeness (QED) is 0.180. The van der Waals surface area contributed by atoms with Crippen molar-refractivity contribution in [3.8, 4) is 6.07 Å². The van der Waals surface area contributed by atoms with Crippen LogP contribution in [0.1, 0.15) is 22.1 Å². The van der Waals surface area contributed by atoms with Gasteiger partial charge in [0, 0.05) is 46.5 Å². The van der Waals surface area contributed by atoms with Crippen molar-refractivity contribution in [2.24, 2.45) is 4.99 Å². The molecule has 0 aliphatic carbocycles. The van der Waals surface area contributed by atoms with Crippen LogP contribution in [-0.2, 0) is 0 Å². The number of anilines is 2. The Hall–Kier alpha value is -4.06. The minimum atomic E-state index is -0.508. The van der Waals surface area contributed by atoms with Crippen molar-refractivity contribution < 1.29 is 0 Å². The number of thioether (sulfide) groups is 1. The van der Waals surface area contributed by atoms with Crippen LogP contribution in [0.3, 0.4) is 0 Å². The minimum absolute atomic E-state index is 0.487. The number of hydrogen-bond acceptors (Lipinski definition) is 7. The lowest BCUT2D eigenvalue weighted by Crippen LogP contribution is -2.27. The summed E-state index contributed by atoms with van der Waals surface area (Å²) in [6.07, 6.45) is 1.88. The summed E-state index contributed by atoms with van der Waals surface area (Å²) >= 11 is 16.4. The van der Waals surface area contributed by atoms with Crippen LogP contribution in [0.15, 0.2) is 117 Å². The third-order valence-corrected chi connectivity index (χ3v) is 10.2. The van der Waals surface area contributed by atoms with Crippen LogP contribution in [0, 0.1) is 11.3 Å². The van der Waals surface area contributed by atoms with Gasteiger partial charge in [0.1, 0.15) is 15.9 Å². The molecular weight excluding hydrogens is 613 g/mol. The van der Waals surface area contributed by atoms with E-state index in [4.69, 9.17) is 33.2 Å². The van der Waals surface area contributed by atoms with E-state index in [2.05, 4.69) is 58.3 Å². The number of aromatic nitrogens is 1. The monoisotopic (exact) mass is 635 g/mol. The molecule has 0 N–H and O–H groups in total. The number of para-hydroxylation sites is 2. The lowest BCUT2D eigenvalue weighted by Gasteiger charge is -2.33. The summed E-state index contributed by atoms with van der Waals surface area (Å²) in [6.45, 7) is 0. The number of hydrogen-bond donors (Lipinski definition) is 0. The smallest absolute Gasteiger partial charge is 0.145 e. The molecule has 9 heteroatoms. The molecule has 1 atom stereocenters. The number of benzene rings is 4. The van der Waals surface area contributed by atoms with E-state index in [0.717, 1.165) is 53.2 Å². The topological polar surface area (TPSA) is 55.5 Å². The Morgan fingerprint density at radius 3 is 2.49 bits per heavy atom. The molecule has 4 aromatic carbocycles. The van der Waals surface area contributed by atoms with Crippen molar-refractivity contribution in [2.75, 3.05) is 23.9 Å². The van der Waals surface area contributed by atoms with E-state index >= 15 is 0 Å². The fraction of sp³-hybridized carbons (Fsp3) is 0.0882. The Bertz CT molecular complexity index is 2000. The van der Waals surface area contributed by atoms with Crippen molar-refractivity contribution in [1.82, 2.24) is 4.98 Å². The standard InChI is InChI=1S/C34H23Cl2N5S2/c1-40(2)22-14-11-20(12-15-22)19-38-32-31(33-39-26-7-3-5-9-28(26)42-33)30(23-16-13-21(35)17-25(23)36)24(18-37)34-41(32)27-8-4-6-10-29(27)43-34/h3-17,19,30H,1-2H3/t30-/m0/s1. The van der Waals surface area contributed by atoms with Crippen molar-refractivity contribution in [3.63, 3.8) is 0 Å². The molecule has 0 unspecified atom stereocenters. The first-order valence-electron chi connectivity index (χ1n) is 13.5. The largest absolute Gasteiger partial charge is 0.378 e. The SMILES string of the molecule is CN(C)c1ccc(C=NC2=C(c3nc4ccccc4s3)[C@@H](c3ccc(Cl)cc3Cl)C(C#N)=C3Sc4ccccc4N23)cc1. The maximum absolute atomic E-state index is 10.8. The molecule has 5 nitrogen and oxygen atoms in total. The lowest BCUT2D eigenvalue weighted by molar-refractivity contribution is 0.943. The molecular formula is C34H23Cl2N5S2. The van der Waals surface area contributed by atoms with Gasteiger partial charge in [-0.3, -0.25) is 4.90 Å². The van der Waals surface area contributed by atoms with Gasteiger partial charge in [-0.05, 0) is 59.7 Å². The van der Waals surface area contributed by atoms with E-state index in [1.165, 1.54) is 0 Å². The summed E-state index contributed by atoms with van der Waals surface area (Å²) in [7, 11) is 4.04. The second-order valence-electron chi connectivity index (χ2n) is 10.3. The predicted octanol–water partition coefficient (Wildman–Crippen LogP) is 9.60. The number of nitriles is 1. The average molecular weight is 637 g/mol. The summed E-state index contributed by atoms with van der Waals surface area (Å²) in [5, 5.41) is 13.4. The number of halogens is 2. The zero-order valence-corrected chi connectivity index (χ0v) is 26.3. The molecule has 0 amide bonds. The number of fused-ring (bicyclic) bond motifs is 4. The Morgan fingerprint density at radius 2 is 1.74 bits per heavy atom. The lowest BCUT2D eigenvalue weighted by atomic mass is 9.83. The fourth-order valence-corrected chi connectivity index (χ4v) is 8.10. The number of allylic oxidation sites excluding steroid dienone is 2. The van der Waals surface area contributed by atoms with Gasteiger partial charge in [0.05, 0.1) is 33.5 Å². The first-order chi connectivity index (χ1) is 20.9. The maximum atomic E-state index is 10.8. The van der Waals surface area contributed by atoms with Gasteiger partial charge in [0.25, 0.3) is 0 Å². The highest BCUT2D eigenvalue weighted by molar-refractivity contribution is 8.03. The summed E-state index contributed by atoms with van der Waals surface area (Å²) in [6, 6.07) is 32.5. The molecule has 0 saturated heterocycles. The highest BCUT2D eigenvalue weighted by Crippen LogP contribution is 2.58. The number of rotatable bonds is 5. The van der Waals surface area contributed by atoms with Crippen molar-refractivity contribution >= 4 is 79.7 Å². The molecule has 2 aliphatic heterocycles. The Labute approximate surface area is 268 Å². The molecule has 0 bridgehead atoms. The highest BCUT2D eigenvalue weighted by atomic mass is 35.5. The zero-order valence-electron chi connectivity index (χ0n) is 23.1. The summed E-state index contributed by atoms with van der Waals surface area (Å²) in [4.78, 5) is 15.5. The normalized spacial score (nSPS) is 16.2. The van der Waals surface area contributed by atoms with Gasteiger partial charge in [-0.1, -0.05) is 77.4 Å².